The summed E-state index contributed by atoms with van der Waals surface area (Å²) in [4.78, 5) is 25.0. The van der Waals surface area contributed by atoms with E-state index < -0.39 is 6.04 Å². The van der Waals surface area contributed by atoms with Crippen molar-refractivity contribution < 1.29 is 9.53 Å². The van der Waals surface area contributed by atoms with Crippen LogP contribution in [-0.4, -0.2) is 22.8 Å². The second kappa shape index (κ2) is 6.54. The Morgan fingerprint density at radius 1 is 1.21 bits per heavy atom. The van der Waals surface area contributed by atoms with Crippen LogP contribution in [0.3, 0.4) is 0 Å². The van der Waals surface area contributed by atoms with E-state index >= 15 is 0 Å². The summed E-state index contributed by atoms with van der Waals surface area (Å²) in [5.74, 6) is 0.314. The summed E-state index contributed by atoms with van der Waals surface area (Å²) >= 11 is 0. The third-order valence-electron chi connectivity index (χ3n) is 3.80. The van der Waals surface area contributed by atoms with Gasteiger partial charge in [0.25, 0.3) is 5.56 Å². The van der Waals surface area contributed by atoms with Crippen LogP contribution in [0.25, 0.3) is 10.8 Å². The number of hydrogen-bond acceptors (Lipinski definition) is 4. The number of carbonyl (C=O) groups is 1. The summed E-state index contributed by atoms with van der Waals surface area (Å²) in [6.07, 6.45) is 1.59. The van der Waals surface area contributed by atoms with Crippen molar-refractivity contribution in [2.75, 3.05) is 12.4 Å². The van der Waals surface area contributed by atoms with Crippen LogP contribution in [-0.2, 0) is 4.79 Å². The van der Waals surface area contributed by atoms with Crippen LogP contribution in [0.4, 0.5) is 5.69 Å². The van der Waals surface area contributed by atoms with Gasteiger partial charge in [0.05, 0.1) is 18.7 Å². The third kappa shape index (κ3) is 2.99. The van der Waals surface area contributed by atoms with Crippen LogP contribution in [0.1, 0.15) is 13.0 Å². The summed E-state index contributed by atoms with van der Waals surface area (Å²) in [5, 5.41) is 8.18. The minimum atomic E-state index is -0.742. The van der Waals surface area contributed by atoms with E-state index in [0.717, 1.165) is 5.39 Å². The van der Waals surface area contributed by atoms with E-state index in [1.165, 1.54) is 4.68 Å². The van der Waals surface area contributed by atoms with Gasteiger partial charge in [0.15, 0.2) is 0 Å². The molecule has 6 heteroatoms. The van der Waals surface area contributed by atoms with Crippen LogP contribution >= 0.6 is 0 Å². The molecule has 0 radical (unpaired) electrons. The Morgan fingerprint density at radius 2 is 2.00 bits per heavy atom. The number of nitrogens with one attached hydrogen (secondary N) is 1. The van der Waals surface area contributed by atoms with Gasteiger partial charge in [-0.1, -0.05) is 24.3 Å². The molecule has 0 aliphatic heterocycles. The van der Waals surface area contributed by atoms with Gasteiger partial charge < -0.3 is 10.1 Å². The van der Waals surface area contributed by atoms with Gasteiger partial charge in [0, 0.05) is 17.1 Å². The third-order valence-corrected chi connectivity index (χ3v) is 3.80. The van der Waals surface area contributed by atoms with Gasteiger partial charge in [-0.25, -0.2) is 4.68 Å². The summed E-state index contributed by atoms with van der Waals surface area (Å²) in [5.41, 5.74) is 0.307. The van der Waals surface area contributed by atoms with Crippen LogP contribution in [0.5, 0.6) is 5.75 Å². The van der Waals surface area contributed by atoms with Crippen LogP contribution in [0.15, 0.2) is 59.5 Å². The molecule has 0 fully saturated rings. The number of methoxy groups -OCH3 is 1. The molecule has 3 rings (SSSR count). The van der Waals surface area contributed by atoms with E-state index in [1.54, 1.807) is 56.6 Å². The molecule has 1 heterocycles. The van der Waals surface area contributed by atoms with E-state index in [4.69, 9.17) is 4.74 Å². The normalized spacial score (nSPS) is 11.9. The smallest absolute Gasteiger partial charge is 0.275 e. The molecule has 0 saturated carbocycles. The number of fused-ring (bicyclic) bond motifs is 1. The van der Waals surface area contributed by atoms with Crippen LogP contribution in [0.2, 0.25) is 0 Å². The molecule has 122 valence electrons. The number of ether oxygens (including phenoxy) is 1. The Kier molecular flexibility index (Phi) is 4.29. The number of nitrogens with zero attached hydrogens (tertiary/aromatic N) is 2. The molecule has 1 N–H and O–H groups in total. The van der Waals surface area contributed by atoms with E-state index in [0.29, 0.717) is 16.8 Å². The first-order chi connectivity index (χ1) is 11.6. The van der Waals surface area contributed by atoms with E-state index in [-0.39, 0.29) is 11.5 Å². The van der Waals surface area contributed by atoms with E-state index in [2.05, 4.69) is 10.4 Å². The lowest BCUT2D eigenvalue weighted by atomic mass is 10.2. The molecule has 24 heavy (non-hydrogen) atoms. The average molecular weight is 323 g/mol. The Morgan fingerprint density at radius 3 is 2.79 bits per heavy atom. The predicted molar refractivity (Wildman–Crippen MR) is 92.3 cm³/mol. The van der Waals surface area contributed by atoms with Crippen molar-refractivity contribution in [2.45, 2.75) is 13.0 Å². The number of benzene rings is 2. The maximum Gasteiger partial charge on any atom is 0.275 e. The van der Waals surface area contributed by atoms with Crippen molar-refractivity contribution in [1.29, 1.82) is 0 Å². The predicted octanol–water partition coefficient (Wildman–Crippen LogP) is 2.60. The zero-order valence-electron chi connectivity index (χ0n) is 13.4. The molecular weight excluding hydrogens is 306 g/mol. The van der Waals surface area contributed by atoms with Crippen molar-refractivity contribution in [3.63, 3.8) is 0 Å². The van der Waals surface area contributed by atoms with Crippen molar-refractivity contribution in [3.8, 4) is 5.75 Å². The summed E-state index contributed by atoms with van der Waals surface area (Å²) < 4.78 is 6.32. The number of rotatable bonds is 4. The van der Waals surface area contributed by atoms with E-state index in [1.807, 2.05) is 12.1 Å². The summed E-state index contributed by atoms with van der Waals surface area (Å²) in [6, 6.07) is 13.5. The monoisotopic (exact) mass is 323 g/mol. The minimum Gasteiger partial charge on any atom is -0.497 e. The SMILES string of the molecule is COc1cccc(NC(=O)[C@H](C)n2ncc3ccccc3c2=O)c1. The van der Waals surface area contributed by atoms with Crippen molar-refractivity contribution >= 4 is 22.4 Å². The number of hydrogen-bond donors (Lipinski definition) is 1. The number of aromatic nitrogens is 2. The molecule has 1 aromatic heterocycles. The lowest BCUT2D eigenvalue weighted by molar-refractivity contribution is -0.119. The molecule has 0 spiro atoms. The highest BCUT2D eigenvalue weighted by atomic mass is 16.5. The van der Waals surface area contributed by atoms with Crippen LogP contribution in [0, 0.1) is 0 Å². The molecule has 2 aromatic carbocycles. The Balaban J connectivity index is 1.88. The summed E-state index contributed by atoms with van der Waals surface area (Å²) in [6.45, 7) is 1.64. The van der Waals surface area contributed by atoms with Gasteiger partial charge in [-0.2, -0.15) is 5.10 Å². The molecular formula is C18H17N3O3. The number of carbonyl (C=O) groups excluding carboxylic acids is 1. The van der Waals surface area contributed by atoms with Gasteiger partial charge in [0.2, 0.25) is 5.91 Å². The van der Waals surface area contributed by atoms with Gasteiger partial charge in [-0.15, -0.1) is 0 Å². The van der Waals surface area contributed by atoms with Gasteiger partial charge in [-0.3, -0.25) is 9.59 Å². The second-order valence-corrected chi connectivity index (χ2v) is 5.38. The fourth-order valence-corrected chi connectivity index (χ4v) is 2.44. The highest BCUT2D eigenvalue weighted by Gasteiger charge is 2.18. The fraction of sp³-hybridized carbons (Fsp3) is 0.167. The molecule has 0 unspecified atom stereocenters. The first kappa shape index (κ1) is 15.7. The Labute approximate surface area is 138 Å². The molecule has 0 saturated heterocycles. The van der Waals surface area contributed by atoms with Gasteiger partial charge >= 0.3 is 0 Å². The zero-order valence-corrected chi connectivity index (χ0v) is 13.4. The van der Waals surface area contributed by atoms with Crippen LogP contribution < -0.4 is 15.6 Å². The first-order valence-electron chi connectivity index (χ1n) is 7.51. The van der Waals surface area contributed by atoms with E-state index in [9.17, 15) is 9.59 Å². The zero-order chi connectivity index (χ0) is 17.1. The average Bonchev–Trinajstić information content (AvgIpc) is 2.62. The second-order valence-electron chi connectivity index (χ2n) is 5.38. The number of amides is 1. The maximum atomic E-state index is 12.5. The first-order valence-corrected chi connectivity index (χ1v) is 7.51. The lowest BCUT2D eigenvalue weighted by Crippen LogP contribution is -2.33. The molecule has 6 nitrogen and oxygen atoms in total. The standard InChI is InChI=1S/C18H17N3O3/c1-12(17(22)20-14-7-5-8-15(10-14)24-2)21-18(23)16-9-4-3-6-13(16)11-19-21/h3-12H,1-2H3,(H,20,22)/t12-/m0/s1. The largest absolute Gasteiger partial charge is 0.497 e. The molecule has 0 aliphatic carbocycles. The van der Waals surface area contributed by atoms with Gasteiger partial charge in [0.1, 0.15) is 11.8 Å². The molecule has 1 atom stereocenters. The fourth-order valence-electron chi connectivity index (χ4n) is 2.44. The number of anilines is 1. The highest BCUT2D eigenvalue weighted by molar-refractivity contribution is 5.93. The molecule has 0 bridgehead atoms. The summed E-state index contributed by atoms with van der Waals surface area (Å²) in [7, 11) is 1.56. The lowest BCUT2D eigenvalue weighted by Gasteiger charge is -2.15. The Bertz CT molecular complexity index is 949. The molecule has 3 aromatic rings. The quantitative estimate of drug-likeness (QED) is 0.801. The molecule has 1 amide bonds. The van der Waals surface area contributed by atoms with Crippen molar-refractivity contribution in [1.82, 2.24) is 9.78 Å². The molecule has 0 aliphatic rings. The highest BCUT2D eigenvalue weighted by Crippen LogP contribution is 2.18. The van der Waals surface area contributed by atoms with Crippen molar-refractivity contribution in [3.05, 3.63) is 65.1 Å². The van der Waals surface area contributed by atoms with Gasteiger partial charge in [-0.05, 0) is 25.1 Å². The topological polar surface area (TPSA) is 73.2 Å². The maximum absolute atomic E-state index is 12.5. The minimum absolute atomic E-state index is 0.290. The Hall–Kier alpha value is -3.15. The van der Waals surface area contributed by atoms with Crippen molar-refractivity contribution in [2.24, 2.45) is 0 Å².